The summed E-state index contributed by atoms with van der Waals surface area (Å²) in [7, 11) is 0. The highest BCUT2D eigenvalue weighted by molar-refractivity contribution is 7.16. The number of anilines is 2. The van der Waals surface area contributed by atoms with Gasteiger partial charge in [-0.3, -0.25) is 0 Å². The van der Waals surface area contributed by atoms with Crippen LogP contribution in [0.3, 0.4) is 0 Å². The number of aromatic nitrogens is 2. The molecule has 0 unspecified atom stereocenters. The maximum atomic E-state index is 5.70. The van der Waals surface area contributed by atoms with E-state index in [4.69, 9.17) is 5.73 Å². The van der Waals surface area contributed by atoms with Crippen LogP contribution in [0.1, 0.15) is 5.56 Å². The van der Waals surface area contributed by atoms with Crippen LogP contribution in [-0.4, -0.2) is 16.5 Å². The second kappa shape index (κ2) is 4.91. The lowest BCUT2D eigenvalue weighted by Gasteiger charge is -2.06. The fourth-order valence-corrected chi connectivity index (χ4v) is 3.24. The summed E-state index contributed by atoms with van der Waals surface area (Å²) in [5.41, 5.74) is 7.04. The summed E-state index contributed by atoms with van der Waals surface area (Å²) < 4.78 is 0. The Bertz CT molecular complexity index is 645. The fourth-order valence-electron chi connectivity index (χ4n) is 1.77. The third kappa shape index (κ3) is 2.30. The van der Waals surface area contributed by atoms with Gasteiger partial charge < -0.3 is 11.1 Å². The molecular weight excluding hydrogens is 264 g/mol. The third-order valence-corrected chi connectivity index (χ3v) is 4.17. The molecule has 6 heteroatoms. The van der Waals surface area contributed by atoms with Crippen molar-refractivity contribution < 1.29 is 0 Å². The molecule has 0 aliphatic carbocycles. The summed E-state index contributed by atoms with van der Waals surface area (Å²) in [6.45, 7) is 0.845. The molecule has 0 aliphatic heterocycles. The number of fused-ring (bicyclic) bond motifs is 1. The normalized spacial score (nSPS) is 10.9. The van der Waals surface area contributed by atoms with Crippen molar-refractivity contribution in [2.24, 2.45) is 0 Å². The zero-order chi connectivity index (χ0) is 12.4. The summed E-state index contributed by atoms with van der Waals surface area (Å²) in [5, 5.41) is 10.6. The van der Waals surface area contributed by atoms with Crippen LogP contribution >= 0.6 is 22.7 Å². The van der Waals surface area contributed by atoms with Gasteiger partial charge in [0, 0.05) is 6.54 Å². The molecule has 0 fully saturated rings. The minimum absolute atomic E-state index is 0.322. The molecule has 0 radical (unpaired) electrons. The first-order valence-electron chi connectivity index (χ1n) is 5.58. The molecule has 0 saturated heterocycles. The van der Waals surface area contributed by atoms with Crippen molar-refractivity contribution in [2.45, 2.75) is 6.42 Å². The van der Waals surface area contributed by atoms with E-state index in [-0.39, 0.29) is 0 Å². The molecule has 3 rings (SSSR count). The number of nitrogens with zero attached hydrogens (tertiary/aromatic N) is 2. The van der Waals surface area contributed by atoms with Crippen LogP contribution in [0.4, 0.5) is 11.8 Å². The maximum absolute atomic E-state index is 5.70. The molecule has 3 aromatic rings. The molecule has 0 amide bonds. The molecule has 3 N–H and O–H groups in total. The monoisotopic (exact) mass is 276 g/mol. The molecular formula is C12H12N4S2. The number of rotatable bonds is 4. The molecule has 0 saturated carbocycles. The summed E-state index contributed by atoms with van der Waals surface area (Å²) in [4.78, 5) is 9.39. The highest BCUT2D eigenvalue weighted by Gasteiger charge is 2.06. The highest BCUT2D eigenvalue weighted by Crippen LogP contribution is 2.25. The Kier molecular flexibility index (Phi) is 3.12. The number of nitrogens with two attached hydrogens (primary N) is 1. The number of nitrogen functional groups attached to an aromatic ring is 1. The van der Waals surface area contributed by atoms with Gasteiger partial charge in [-0.05, 0) is 40.3 Å². The van der Waals surface area contributed by atoms with E-state index in [0.29, 0.717) is 5.95 Å². The summed E-state index contributed by atoms with van der Waals surface area (Å²) in [5.74, 6) is 1.15. The van der Waals surface area contributed by atoms with E-state index >= 15 is 0 Å². The molecule has 0 bridgehead atoms. The predicted molar refractivity (Wildman–Crippen MR) is 78.3 cm³/mol. The molecule has 3 heterocycles. The van der Waals surface area contributed by atoms with Crippen molar-refractivity contribution in [3.05, 3.63) is 33.8 Å². The summed E-state index contributed by atoms with van der Waals surface area (Å²) >= 11 is 3.30. The number of hydrogen-bond acceptors (Lipinski definition) is 6. The molecule has 4 nitrogen and oxygen atoms in total. The first-order valence-corrected chi connectivity index (χ1v) is 7.41. The Morgan fingerprint density at radius 2 is 2.17 bits per heavy atom. The number of nitrogens with one attached hydrogen (secondary N) is 1. The van der Waals surface area contributed by atoms with Gasteiger partial charge in [0.1, 0.15) is 10.6 Å². The highest BCUT2D eigenvalue weighted by atomic mass is 32.1. The number of thiophene rings is 2. The van der Waals surface area contributed by atoms with Crippen molar-refractivity contribution >= 4 is 44.7 Å². The van der Waals surface area contributed by atoms with Gasteiger partial charge in [-0.25, -0.2) is 4.98 Å². The van der Waals surface area contributed by atoms with E-state index in [1.54, 1.807) is 22.7 Å². The van der Waals surface area contributed by atoms with Crippen molar-refractivity contribution in [2.75, 3.05) is 17.6 Å². The van der Waals surface area contributed by atoms with E-state index < -0.39 is 0 Å². The van der Waals surface area contributed by atoms with Crippen molar-refractivity contribution in [3.63, 3.8) is 0 Å². The summed E-state index contributed by atoms with van der Waals surface area (Å²) in [6, 6.07) is 4.16. The molecule has 92 valence electrons. The van der Waals surface area contributed by atoms with E-state index in [9.17, 15) is 0 Å². The van der Waals surface area contributed by atoms with Gasteiger partial charge in [0.2, 0.25) is 5.95 Å². The van der Waals surface area contributed by atoms with E-state index in [1.807, 2.05) is 11.4 Å². The Morgan fingerprint density at radius 1 is 1.22 bits per heavy atom. The minimum atomic E-state index is 0.322. The lowest BCUT2D eigenvalue weighted by molar-refractivity contribution is 1.01. The van der Waals surface area contributed by atoms with Crippen molar-refractivity contribution in [3.8, 4) is 0 Å². The SMILES string of the molecule is Nc1nc(NCCc2ccsc2)c2ccsc2n1. The third-order valence-electron chi connectivity index (χ3n) is 2.63. The van der Waals surface area contributed by atoms with Crippen LogP contribution in [0, 0.1) is 0 Å². The predicted octanol–water partition coefficient (Wildman–Crippen LogP) is 2.99. The number of hydrogen-bond donors (Lipinski definition) is 2. The summed E-state index contributed by atoms with van der Waals surface area (Å²) in [6.07, 6.45) is 0.985. The average molecular weight is 276 g/mol. The Balaban J connectivity index is 1.75. The van der Waals surface area contributed by atoms with Gasteiger partial charge in [0.15, 0.2) is 0 Å². The van der Waals surface area contributed by atoms with Crippen LogP contribution < -0.4 is 11.1 Å². The maximum Gasteiger partial charge on any atom is 0.223 e. The van der Waals surface area contributed by atoms with Gasteiger partial charge in [-0.15, -0.1) is 11.3 Å². The Labute approximate surface area is 113 Å². The fraction of sp³-hybridized carbons (Fsp3) is 0.167. The second-order valence-electron chi connectivity index (χ2n) is 3.88. The Hall–Kier alpha value is -1.66. The lowest BCUT2D eigenvalue weighted by atomic mass is 10.2. The lowest BCUT2D eigenvalue weighted by Crippen LogP contribution is -2.07. The first kappa shape index (κ1) is 11.4. The van der Waals surface area contributed by atoms with Gasteiger partial charge >= 0.3 is 0 Å². The first-order chi connectivity index (χ1) is 8.83. The largest absolute Gasteiger partial charge is 0.369 e. The molecule has 0 aromatic carbocycles. The molecule has 18 heavy (non-hydrogen) atoms. The molecule has 0 aliphatic rings. The topological polar surface area (TPSA) is 63.8 Å². The van der Waals surface area contributed by atoms with Crippen LogP contribution in [-0.2, 0) is 6.42 Å². The van der Waals surface area contributed by atoms with Crippen molar-refractivity contribution in [1.29, 1.82) is 0 Å². The molecule has 3 aromatic heterocycles. The van der Waals surface area contributed by atoms with E-state index in [0.717, 1.165) is 29.0 Å². The zero-order valence-corrected chi connectivity index (χ0v) is 11.2. The average Bonchev–Trinajstić information content (AvgIpc) is 2.98. The van der Waals surface area contributed by atoms with Crippen LogP contribution in [0.25, 0.3) is 10.2 Å². The van der Waals surface area contributed by atoms with Crippen LogP contribution in [0.5, 0.6) is 0 Å². The smallest absolute Gasteiger partial charge is 0.223 e. The molecule has 0 spiro atoms. The van der Waals surface area contributed by atoms with Gasteiger partial charge in [0.25, 0.3) is 0 Å². The van der Waals surface area contributed by atoms with Gasteiger partial charge in [-0.1, -0.05) is 0 Å². The van der Waals surface area contributed by atoms with Crippen LogP contribution in [0.15, 0.2) is 28.3 Å². The molecule has 0 atom stereocenters. The van der Waals surface area contributed by atoms with Crippen molar-refractivity contribution in [1.82, 2.24) is 9.97 Å². The minimum Gasteiger partial charge on any atom is -0.369 e. The van der Waals surface area contributed by atoms with Gasteiger partial charge in [0.05, 0.1) is 5.39 Å². The van der Waals surface area contributed by atoms with E-state index in [2.05, 4.69) is 32.1 Å². The van der Waals surface area contributed by atoms with Crippen LogP contribution in [0.2, 0.25) is 0 Å². The van der Waals surface area contributed by atoms with E-state index in [1.165, 1.54) is 5.56 Å². The zero-order valence-electron chi connectivity index (χ0n) is 9.59. The Morgan fingerprint density at radius 3 is 3.00 bits per heavy atom. The second-order valence-corrected chi connectivity index (χ2v) is 5.55. The standard InChI is InChI=1S/C12H12N4S2/c13-12-15-10(9-3-6-18-11(9)16-12)14-4-1-8-2-5-17-7-8/h2-3,5-7H,1,4H2,(H3,13,14,15,16). The quantitative estimate of drug-likeness (QED) is 0.769. The van der Waals surface area contributed by atoms with Gasteiger partial charge in [-0.2, -0.15) is 16.3 Å².